The molecule has 102 valence electrons. The molecule has 1 N–H and O–H groups in total. The lowest BCUT2D eigenvalue weighted by Gasteiger charge is -2.05. The standard InChI is InChI=1S/C12H14N2O3S2/c1-7-11(19-8(2)13-7)9-6-18-12(17)14(9)5-3-4-10(15)16/h6H,3-5H2,1-2H3,(H,15,16). The molecule has 0 unspecified atom stereocenters. The van der Waals surface area contributed by atoms with Crippen LogP contribution in [0.2, 0.25) is 0 Å². The minimum Gasteiger partial charge on any atom is -0.481 e. The molecule has 0 bridgehead atoms. The van der Waals surface area contributed by atoms with E-state index in [1.807, 2.05) is 19.2 Å². The number of aryl methyl sites for hydroxylation is 2. The van der Waals surface area contributed by atoms with Crippen LogP contribution in [0.15, 0.2) is 10.2 Å². The Morgan fingerprint density at radius 3 is 2.79 bits per heavy atom. The van der Waals surface area contributed by atoms with Crippen molar-refractivity contribution in [1.29, 1.82) is 0 Å². The van der Waals surface area contributed by atoms with E-state index in [4.69, 9.17) is 5.11 Å². The van der Waals surface area contributed by atoms with Gasteiger partial charge < -0.3 is 5.11 Å². The SMILES string of the molecule is Cc1nc(C)c(-c2csc(=O)n2CCCC(=O)O)s1. The van der Waals surface area contributed by atoms with Crippen LogP contribution in [0.5, 0.6) is 0 Å². The Balaban J connectivity index is 2.29. The zero-order valence-corrected chi connectivity index (χ0v) is 12.3. The van der Waals surface area contributed by atoms with Gasteiger partial charge in [0.15, 0.2) is 0 Å². The number of aromatic nitrogens is 2. The quantitative estimate of drug-likeness (QED) is 0.920. The van der Waals surface area contributed by atoms with Crippen LogP contribution in [-0.2, 0) is 11.3 Å². The molecule has 0 saturated carbocycles. The zero-order valence-electron chi connectivity index (χ0n) is 10.7. The lowest BCUT2D eigenvalue weighted by molar-refractivity contribution is -0.137. The molecule has 0 aliphatic carbocycles. The predicted molar refractivity (Wildman–Crippen MR) is 76.0 cm³/mol. The van der Waals surface area contributed by atoms with Crippen LogP contribution in [0.4, 0.5) is 0 Å². The van der Waals surface area contributed by atoms with Gasteiger partial charge in [-0.15, -0.1) is 11.3 Å². The first kappa shape index (κ1) is 14.0. The molecule has 7 heteroatoms. The predicted octanol–water partition coefficient (Wildman–Crippen LogP) is 2.51. The Bertz CT molecular complexity index is 654. The van der Waals surface area contributed by atoms with Crippen molar-refractivity contribution in [2.24, 2.45) is 0 Å². The number of nitrogens with zero attached hydrogens (tertiary/aromatic N) is 2. The van der Waals surface area contributed by atoms with Gasteiger partial charge in [-0.05, 0) is 20.3 Å². The Hall–Kier alpha value is -1.47. The van der Waals surface area contributed by atoms with Crippen molar-refractivity contribution in [3.05, 3.63) is 25.7 Å². The van der Waals surface area contributed by atoms with Crippen molar-refractivity contribution in [2.75, 3.05) is 0 Å². The van der Waals surface area contributed by atoms with Gasteiger partial charge in [-0.2, -0.15) is 0 Å². The molecular formula is C12H14N2O3S2. The number of hydrogen-bond acceptors (Lipinski definition) is 5. The second-order valence-electron chi connectivity index (χ2n) is 4.18. The largest absolute Gasteiger partial charge is 0.481 e. The van der Waals surface area contributed by atoms with Gasteiger partial charge in [0.25, 0.3) is 0 Å². The molecule has 0 aromatic carbocycles. The summed E-state index contributed by atoms with van der Waals surface area (Å²) in [5, 5.41) is 11.4. The van der Waals surface area contributed by atoms with Crippen molar-refractivity contribution in [3.8, 4) is 10.6 Å². The molecular weight excluding hydrogens is 284 g/mol. The highest BCUT2D eigenvalue weighted by atomic mass is 32.1. The molecule has 0 saturated heterocycles. The lowest BCUT2D eigenvalue weighted by Crippen LogP contribution is -2.15. The maximum Gasteiger partial charge on any atom is 0.307 e. The Morgan fingerprint density at radius 2 is 2.21 bits per heavy atom. The summed E-state index contributed by atoms with van der Waals surface area (Å²) < 4.78 is 1.65. The average Bonchev–Trinajstić information content (AvgIpc) is 2.83. The maximum atomic E-state index is 11.8. The summed E-state index contributed by atoms with van der Waals surface area (Å²) in [5.41, 5.74) is 1.76. The molecule has 0 fully saturated rings. The highest BCUT2D eigenvalue weighted by Crippen LogP contribution is 2.30. The normalized spacial score (nSPS) is 10.8. The maximum absolute atomic E-state index is 11.8. The number of thiazole rings is 2. The third-order valence-electron chi connectivity index (χ3n) is 2.69. The minimum atomic E-state index is -0.838. The fourth-order valence-electron chi connectivity index (χ4n) is 1.88. The molecule has 0 amide bonds. The van der Waals surface area contributed by atoms with Gasteiger partial charge in [-0.25, -0.2) is 4.98 Å². The van der Waals surface area contributed by atoms with Gasteiger partial charge in [-0.3, -0.25) is 14.2 Å². The number of carboxylic acids is 1. The van der Waals surface area contributed by atoms with Gasteiger partial charge >= 0.3 is 10.8 Å². The summed E-state index contributed by atoms with van der Waals surface area (Å²) >= 11 is 2.70. The van der Waals surface area contributed by atoms with Crippen molar-refractivity contribution in [2.45, 2.75) is 33.2 Å². The van der Waals surface area contributed by atoms with Gasteiger partial charge in [-0.1, -0.05) is 11.3 Å². The van der Waals surface area contributed by atoms with E-state index < -0.39 is 5.97 Å². The van der Waals surface area contributed by atoms with Crippen molar-refractivity contribution in [1.82, 2.24) is 9.55 Å². The Morgan fingerprint density at radius 1 is 1.47 bits per heavy atom. The number of aliphatic carboxylic acids is 1. The van der Waals surface area contributed by atoms with Gasteiger partial charge in [0, 0.05) is 18.3 Å². The molecule has 0 aliphatic rings. The molecule has 19 heavy (non-hydrogen) atoms. The first-order chi connectivity index (χ1) is 8.99. The minimum absolute atomic E-state index is 0.0501. The first-order valence-electron chi connectivity index (χ1n) is 5.83. The molecule has 0 radical (unpaired) electrons. The molecule has 0 atom stereocenters. The zero-order chi connectivity index (χ0) is 14.0. The number of carbonyl (C=O) groups is 1. The Kier molecular flexibility index (Phi) is 4.16. The van der Waals surface area contributed by atoms with E-state index in [2.05, 4.69) is 4.98 Å². The average molecular weight is 298 g/mol. The van der Waals surface area contributed by atoms with E-state index in [0.29, 0.717) is 13.0 Å². The third-order valence-corrected chi connectivity index (χ3v) is 4.55. The summed E-state index contributed by atoms with van der Waals surface area (Å²) in [4.78, 5) is 27.7. The van der Waals surface area contributed by atoms with Crippen LogP contribution < -0.4 is 4.87 Å². The monoisotopic (exact) mass is 298 g/mol. The molecule has 0 aliphatic heterocycles. The van der Waals surface area contributed by atoms with Gasteiger partial charge in [0.2, 0.25) is 0 Å². The second kappa shape index (κ2) is 5.66. The highest BCUT2D eigenvalue weighted by molar-refractivity contribution is 7.15. The third kappa shape index (κ3) is 3.10. The van der Waals surface area contributed by atoms with E-state index in [1.165, 1.54) is 0 Å². The molecule has 2 aromatic rings. The Labute approximate surface area is 118 Å². The summed E-state index contributed by atoms with van der Waals surface area (Å²) in [7, 11) is 0. The number of rotatable bonds is 5. The number of hydrogen-bond donors (Lipinski definition) is 1. The topological polar surface area (TPSA) is 72.2 Å². The molecule has 2 rings (SSSR count). The fourth-order valence-corrected chi connectivity index (χ4v) is 3.67. The van der Waals surface area contributed by atoms with Crippen LogP contribution in [0.1, 0.15) is 23.5 Å². The van der Waals surface area contributed by atoms with E-state index in [1.54, 1.807) is 15.9 Å². The summed E-state index contributed by atoms with van der Waals surface area (Å²) in [6.07, 6.45) is 0.526. The van der Waals surface area contributed by atoms with Crippen molar-refractivity contribution >= 4 is 28.6 Å². The van der Waals surface area contributed by atoms with Crippen LogP contribution in [0.3, 0.4) is 0 Å². The molecule has 0 spiro atoms. The van der Waals surface area contributed by atoms with Gasteiger partial charge in [0.1, 0.15) is 0 Å². The van der Waals surface area contributed by atoms with Crippen LogP contribution >= 0.6 is 22.7 Å². The summed E-state index contributed by atoms with van der Waals surface area (Å²) in [6, 6.07) is 0. The summed E-state index contributed by atoms with van der Waals surface area (Å²) in [5.74, 6) is -0.838. The lowest BCUT2D eigenvalue weighted by atomic mass is 10.3. The first-order valence-corrected chi connectivity index (χ1v) is 7.53. The van der Waals surface area contributed by atoms with Crippen LogP contribution in [-0.4, -0.2) is 20.6 Å². The van der Waals surface area contributed by atoms with Crippen molar-refractivity contribution in [3.63, 3.8) is 0 Å². The summed E-state index contributed by atoms with van der Waals surface area (Å²) in [6.45, 7) is 4.28. The van der Waals surface area contributed by atoms with E-state index in [9.17, 15) is 9.59 Å². The molecule has 2 aromatic heterocycles. The van der Waals surface area contributed by atoms with E-state index in [0.717, 1.165) is 32.6 Å². The smallest absolute Gasteiger partial charge is 0.307 e. The fraction of sp³-hybridized carbons (Fsp3) is 0.417. The van der Waals surface area contributed by atoms with Gasteiger partial charge in [0.05, 0.1) is 21.3 Å². The van der Waals surface area contributed by atoms with Crippen LogP contribution in [0, 0.1) is 13.8 Å². The van der Waals surface area contributed by atoms with Crippen molar-refractivity contribution < 1.29 is 9.90 Å². The van der Waals surface area contributed by atoms with E-state index in [-0.39, 0.29) is 11.3 Å². The second-order valence-corrected chi connectivity index (χ2v) is 6.21. The highest BCUT2D eigenvalue weighted by Gasteiger charge is 2.14. The molecule has 2 heterocycles. The van der Waals surface area contributed by atoms with E-state index >= 15 is 0 Å². The van der Waals surface area contributed by atoms with Crippen LogP contribution in [0.25, 0.3) is 10.6 Å². The molecule has 5 nitrogen and oxygen atoms in total. The number of carboxylic acid groups (broad SMARTS) is 1.